The van der Waals surface area contributed by atoms with E-state index in [1.54, 1.807) is 12.1 Å². The summed E-state index contributed by atoms with van der Waals surface area (Å²) in [5.41, 5.74) is 3.08. The number of rotatable bonds is 4. The normalized spacial score (nSPS) is 12.6. The molecule has 0 radical (unpaired) electrons. The van der Waals surface area contributed by atoms with Gasteiger partial charge in [0.1, 0.15) is 0 Å². The molecule has 2 rings (SSSR count). The summed E-state index contributed by atoms with van der Waals surface area (Å²) in [7, 11) is 1.51. The van der Waals surface area contributed by atoms with E-state index in [0.29, 0.717) is 23.7 Å². The van der Waals surface area contributed by atoms with Crippen LogP contribution in [-0.4, -0.2) is 18.2 Å². The number of aliphatic carboxylic acids is 1. The van der Waals surface area contributed by atoms with Crippen molar-refractivity contribution in [2.45, 2.75) is 12.8 Å². The summed E-state index contributed by atoms with van der Waals surface area (Å²) in [6.45, 7) is 0. The number of carbonyl (C=O) groups is 1. The summed E-state index contributed by atoms with van der Waals surface area (Å²) >= 11 is 0. The minimum atomic E-state index is -0.838. The molecule has 6 nitrogen and oxygen atoms in total. The quantitative estimate of drug-likeness (QED) is 0.792. The second-order valence-electron chi connectivity index (χ2n) is 3.31. The number of hydrogen-bond donors (Lipinski definition) is 2. The summed E-state index contributed by atoms with van der Waals surface area (Å²) in [5, 5.41) is 8.60. The van der Waals surface area contributed by atoms with Crippen molar-refractivity contribution in [2.24, 2.45) is 0 Å². The van der Waals surface area contributed by atoms with E-state index in [-0.39, 0.29) is 6.42 Å². The Hall–Kier alpha value is -1.95. The van der Waals surface area contributed by atoms with Gasteiger partial charge in [-0.25, -0.2) is 0 Å². The van der Waals surface area contributed by atoms with E-state index in [1.165, 1.54) is 7.11 Å². The van der Waals surface area contributed by atoms with E-state index in [2.05, 4.69) is 5.64 Å². The van der Waals surface area contributed by atoms with Crippen LogP contribution in [0.25, 0.3) is 0 Å². The van der Waals surface area contributed by atoms with Crippen LogP contribution in [0.4, 0.5) is 0 Å². The van der Waals surface area contributed by atoms with Crippen LogP contribution in [0.5, 0.6) is 17.2 Å². The Kier molecular flexibility index (Phi) is 2.82. The van der Waals surface area contributed by atoms with Crippen molar-refractivity contribution in [1.29, 1.82) is 0 Å². The SMILES string of the molecule is COc1cc(CCC(=O)O)cc2c1ONO2. The van der Waals surface area contributed by atoms with E-state index >= 15 is 0 Å². The van der Waals surface area contributed by atoms with E-state index in [1.807, 2.05) is 0 Å². The van der Waals surface area contributed by atoms with Gasteiger partial charge >= 0.3 is 5.97 Å². The summed E-state index contributed by atoms with van der Waals surface area (Å²) in [6, 6.07) is 3.46. The molecular formula is C10H11NO5. The van der Waals surface area contributed by atoms with Crippen LogP contribution in [-0.2, 0) is 11.2 Å². The van der Waals surface area contributed by atoms with Crippen LogP contribution in [0.2, 0.25) is 0 Å². The Labute approximate surface area is 91.6 Å². The number of carboxylic acids is 1. The lowest BCUT2D eigenvalue weighted by molar-refractivity contribution is -0.136. The molecule has 86 valence electrons. The lowest BCUT2D eigenvalue weighted by atomic mass is 10.1. The largest absolute Gasteiger partial charge is 0.493 e. The molecule has 0 saturated heterocycles. The highest BCUT2D eigenvalue weighted by Gasteiger charge is 2.21. The number of hydrogen-bond acceptors (Lipinski definition) is 5. The molecule has 1 aromatic rings. The summed E-state index contributed by atoms with van der Waals surface area (Å²) in [4.78, 5) is 20.4. The molecule has 2 N–H and O–H groups in total. The number of methoxy groups -OCH3 is 1. The number of carboxylic acid groups (broad SMARTS) is 1. The Morgan fingerprint density at radius 2 is 2.31 bits per heavy atom. The third-order valence-electron chi connectivity index (χ3n) is 2.22. The topological polar surface area (TPSA) is 77.0 Å². The molecule has 16 heavy (non-hydrogen) atoms. The molecule has 0 saturated carbocycles. The minimum Gasteiger partial charge on any atom is -0.493 e. The maximum absolute atomic E-state index is 10.5. The Morgan fingerprint density at radius 3 is 3.00 bits per heavy atom. The van der Waals surface area contributed by atoms with Crippen LogP contribution in [0.15, 0.2) is 12.1 Å². The molecule has 0 fully saturated rings. The zero-order valence-corrected chi connectivity index (χ0v) is 8.65. The maximum Gasteiger partial charge on any atom is 0.303 e. The average Bonchev–Trinajstić information content (AvgIpc) is 2.73. The molecule has 0 bridgehead atoms. The van der Waals surface area contributed by atoms with E-state index < -0.39 is 5.97 Å². The molecule has 0 amide bonds. The van der Waals surface area contributed by atoms with Gasteiger partial charge in [-0.2, -0.15) is 0 Å². The molecule has 0 unspecified atom stereocenters. The van der Waals surface area contributed by atoms with Gasteiger partial charge in [-0.3, -0.25) is 4.79 Å². The van der Waals surface area contributed by atoms with Gasteiger partial charge < -0.3 is 19.5 Å². The van der Waals surface area contributed by atoms with E-state index in [4.69, 9.17) is 19.5 Å². The van der Waals surface area contributed by atoms with E-state index in [9.17, 15) is 4.79 Å². The zero-order valence-electron chi connectivity index (χ0n) is 8.65. The lowest BCUT2D eigenvalue weighted by Crippen LogP contribution is -2.14. The number of benzene rings is 1. The second-order valence-corrected chi connectivity index (χ2v) is 3.31. The van der Waals surface area contributed by atoms with Crippen molar-refractivity contribution < 1.29 is 24.3 Å². The molecule has 0 aliphatic carbocycles. The first-order valence-electron chi connectivity index (χ1n) is 4.72. The third-order valence-corrected chi connectivity index (χ3v) is 2.22. The Bertz CT molecular complexity index is 418. The number of aryl methyl sites for hydroxylation is 1. The first-order valence-corrected chi connectivity index (χ1v) is 4.72. The van der Waals surface area contributed by atoms with Crippen molar-refractivity contribution >= 4 is 5.97 Å². The molecule has 1 aromatic carbocycles. The molecule has 0 spiro atoms. The zero-order chi connectivity index (χ0) is 11.5. The third kappa shape index (κ3) is 2.01. The molecular weight excluding hydrogens is 214 g/mol. The van der Waals surface area contributed by atoms with Gasteiger partial charge in [0.2, 0.25) is 5.75 Å². The molecule has 1 heterocycles. The molecule has 1 aliphatic heterocycles. The highest BCUT2D eigenvalue weighted by Crippen LogP contribution is 2.40. The van der Waals surface area contributed by atoms with Gasteiger partial charge in [-0.15, -0.1) is 0 Å². The van der Waals surface area contributed by atoms with Gasteiger partial charge in [0.15, 0.2) is 11.5 Å². The summed E-state index contributed by atoms with van der Waals surface area (Å²) in [6.07, 6.45) is 0.485. The number of nitrogens with one attached hydrogen (secondary N) is 1. The molecule has 0 aromatic heterocycles. The van der Waals surface area contributed by atoms with E-state index in [0.717, 1.165) is 5.56 Å². The molecule has 0 atom stereocenters. The summed E-state index contributed by atoms with van der Waals surface area (Å²) < 4.78 is 5.11. The Morgan fingerprint density at radius 1 is 1.50 bits per heavy atom. The first-order chi connectivity index (χ1) is 7.70. The van der Waals surface area contributed by atoms with Crippen molar-refractivity contribution in [2.75, 3.05) is 7.11 Å². The molecule has 6 heteroatoms. The van der Waals surface area contributed by atoms with Crippen LogP contribution in [0, 0.1) is 0 Å². The standard InChI is InChI=1S/C10H11NO5/c1-14-7-4-6(2-3-9(12)13)5-8-10(7)16-11-15-8/h4-5,11H,2-3H2,1H3,(H,12,13). The first kappa shape index (κ1) is 10.6. The minimum absolute atomic E-state index is 0.0657. The fourth-order valence-electron chi connectivity index (χ4n) is 1.46. The van der Waals surface area contributed by atoms with Gasteiger partial charge in [-0.05, 0) is 24.1 Å². The monoisotopic (exact) mass is 225 g/mol. The van der Waals surface area contributed by atoms with Crippen molar-refractivity contribution in [1.82, 2.24) is 5.64 Å². The number of ether oxygens (including phenoxy) is 1. The molecule has 1 aliphatic rings. The van der Waals surface area contributed by atoms with Gasteiger partial charge in [0.05, 0.1) is 7.11 Å². The van der Waals surface area contributed by atoms with Crippen molar-refractivity contribution in [3.63, 3.8) is 0 Å². The fourth-order valence-corrected chi connectivity index (χ4v) is 1.46. The maximum atomic E-state index is 10.5. The van der Waals surface area contributed by atoms with Crippen LogP contribution in [0.1, 0.15) is 12.0 Å². The highest BCUT2D eigenvalue weighted by molar-refractivity contribution is 5.67. The van der Waals surface area contributed by atoms with Crippen LogP contribution in [0.3, 0.4) is 0 Å². The van der Waals surface area contributed by atoms with Crippen molar-refractivity contribution in [3.05, 3.63) is 17.7 Å². The Balaban J connectivity index is 2.24. The smallest absolute Gasteiger partial charge is 0.303 e. The van der Waals surface area contributed by atoms with Gasteiger partial charge in [0.25, 0.3) is 0 Å². The predicted octanol–water partition coefficient (Wildman–Crippen LogP) is 0.903. The summed E-state index contributed by atoms with van der Waals surface area (Å²) in [5.74, 6) is 0.652. The van der Waals surface area contributed by atoms with Crippen LogP contribution >= 0.6 is 0 Å². The lowest BCUT2D eigenvalue weighted by Gasteiger charge is -2.05. The van der Waals surface area contributed by atoms with Gasteiger partial charge in [0, 0.05) is 12.1 Å². The second kappa shape index (κ2) is 4.28. The van der Waals surface area contributed by atoms with Crippen molar-refractivity contribution in [3.8, 4) is 17.2 Å². The predicted molar refractivity (Wildman–Crippen MR) is 53.3 cm³/mol. The fraction of sp³-hybridized carbons (Fsp3) is 0.300. The highest BCUT2D eigenvalue weighted by atomic mass is 16.9. The number of fused-ring (bicyclic) bond motifs is 1. The average molecular weight is 225 g/mol. The van der Waals surface area contributed by atoms with Gasteiger partial charge in [-0.1, -0.05) is 0 Å². The van der Waals surface area contributed by atoms with Crippen LogP contribution < -0.4 is 20.1 Å².